The maximum Gasteiger partial charge on any atom is 0.223 e. The Morgan fingerprint density at radius 1 is 1.69 bits per heavy atom. The Labute approximate surface area is 99.8 Å². The first-order valence-electron chi connectivity index (χ1n) is 5.64. The fraction of sp³-hybridized carbons (Fsp3) is 0.583. The fourth-order valence-corrected chi connectivity index (χ4v) is 2.51. The van der Waals surface area contributed by atoms with Crippen molar-refractivity contribution in [2.75, 3.05) is 13.7 Å². The molecule has 1 atom stereocenters. The molecule has 1 heterocycles. The van der Waals surface area contributed by atoms with E-state index in [9.17, 15) is 4.79 Å². The molecule has 88 valence electrons. The normalized spacial score (nSPS) is 17.8. The van der Waals surface area contributed by atoms with Gasteiger partial charge in [0, 0.05) is 19.6 Å². The van der Waals surface area contributed by atoms with E-state index in [1.54, 1.807) is 18.4 Å². The maximum atomic E-state index is 11.7. The topological polar surface area (TPSA) is 38.3 Å². The molecule has 1 N–H and O–H groups in total. The van der Waals surface area contributed by atoms with Crippen molar-refractivity contribution in [3.8, 4) is 0 Å². The van der Waals surface area contributed by atoms with Crippen molar-refractivity contribution in [3.63, 3.8) is 0 Å². The van der Waals surface area contributed by atoms with Crippen LogP contribution in [0.15, 0.2) is 16.8 Å². The van der Waals surface area contributed by atoms with E-state index in [-0.39, 0.29) is 17.9 Å². The van der Waals surface area contributed by atoms with E-state index in [1.807, 2.05) is 11.4 Å². The number of hydrogen-bond acceptors (Lipinski definition) is 3. The summed E-state index contributed by atoms with van der Waals surface area (Å²) in [6.45, 7) is 0.572. The van der Waals surface area contributed by atoms with E-state index in [4.69, 9.17) is 4.74 Å². The van der Waals surface area contributed by atoms with Gasteiger partial charge in [-0.25, -0.2) is 0 Å². The van der Waals surface area contributed by atoms with Gasteiger partial charge in [0.15, 0.2) is 0 Å². The van der Waals surface area contributed by atoms with Gasteiger partial charge in [-0.3, -0.25) is 4.79 Å². The molecule has 0 aliphatic heterocycles. The van der Waals surface area contributed by atoms with Gasteiger partial charge in [-0.15, -0.1) is 0 Å². The van der Waals surface area contributed by atoms with Crippen molar-refractivity contribution in [1.82, 2.24) is 5.32 Å². The summed E-state index contributed by atoms with van der Waals surface area (Å²) in [7, 11) is 1.68. The van der Waals surface area contributed by atoms with Crippen LogP contribution in [-0.2, 0) is 9.53 Å². The number of carbonyl (C=O) groups is 1. The van der Waals surface area contributed by atoms with E-state index in [0.717, 1.165) is 18.4 Å². The molecular formula is C12H17NO2S. The number of hydrogen-bond donors (Lipinski definition) is 1. The molecule has 1 aromatic heterocycles. The van der Waals surface area contributed by atoms with Crippen molar-refractivity contribution in [1.29, 1.82) is 0 Å². The van der Waals surface area contributed by atoms with Crippen LogP contribution in [0, 0.1) is 5.92 Å². The average molecular weight is 239 g/mol. The van der Waals surface area contributed by atoms with Gasteiger partial charge < -0.3 is 10.1 Å². The molecule has 0 aromatic carbocycles. The largest absolute Gasteiger partial charge is 0.375 e. The monoisotopic (exact) mass is 239 g/mol. The first-order chi connectivity index (χ1) is 7.81. The predicted molar refractivity (Wildman–Crippen MR) is 64.4 cm³/mol. The lowest BCUT2D eigenvalue weighted by atomic mass is 9.85. The number of carbonyl (C=O) groups excluding carboxylic acids is 1. The molecule has 2 rings (SSSR count). The molecule has 0 radical (unpaired) electrons. The van der Waals surface area contributed by atoms with Gasteiger partial charge in [-0.2, -0.15) is 11.3 Å². The number of nitrogens with one attached hydrogen (secondary N) is 1. The van der Waals surface area contributed by atoms with Crippen LogP contribution < -0.4 is 5.32 Å². The molecule has 3 nitrogen and oxygen atoms in total. The highest BCUT2D eigenvalue weighted by Gasteiger charge is 2.25. The van der Waals surface area contributed by atoms with Crippen LogP contribution in [0.3, 0.4) is 0 Å². The summed E-state index contributed by atoms with van der Waals surface area (Å²) in [6.07, 6.45) is 3.26. The van der Waals surface area contributed by atoms with Crippen LogP contribution in [0.2, 0.25) is 0 Å². The Bertz CT molecular complexity index is 333. The summed E-state index contributed by atoms with van der Waals surface area (Å²) < 4.78 is 5.37. The molecular weight excluding hydrogens is 222 g/mol. The van der Waals surface area contributed by atoms with Gasteiger partial charge in [-0.1, -0.05) is 6.42 Å². The first kappa shape index (κ1) is 11.6. The van der Waals surface area contributed by atoms with Gasteiger partial charge in [0.05, 0.1) is 0 Å². The molecule has 4 heteroatoms. The van der Waals surface area contributed by atoms with Crippen LogP contribution in [-0.4, -0.2) is 19.6 Å². The highest BCUT2D eigenvalue weighted by atomic mass is 32.1. The van der Waals surface area contributed by atoms with Gasteiger partial charge >= 0.3 is 0 Å². The standard InChI is InChI=1S/C12H17NO2S/c1-15-11(10-5-6-16-8-10)7-13-12(14)9-3-2-4-9/h5-6,8-9,11H,2-4,7H2,1H3,(H,13,14)/t11-/m0/s1. The second kappa shape index (κ2) is 5.46. The van der Waals surface area contributed by atoms with Crippen molar-refractivity contribution in [2.45, 2.75) is 25.4 Å². The molecule has 0 spiro atoms. The van der Waals surface area contributed by atoms with Gasteiger partial charge in [0.2, 0.25) is 5.91 Å². The lowest BCUT2D eigenvalue weighted by Crippen LogP contribution is -2.37. The second-order valence-corrected chi connectivity index (χ2v) is 4.93. The molecule has 1 aliphatic rings. The Balaban J connectivity index is 1.81. The average Bonchev–Trinajstić information content (AvgIpc) is 2.69. The van der Waals surface area contributed by atoms with Crippen LogP contribution in [0.4, 0.5) is 0 Å². The van der Waals surface area contributed by atoms with Gasteiger partial charge in [0.1, 0.15) is 6.10 Å². The minimum Gasteiger partial charge on any atom is -0.375 e. The molecule has 0 saturated heterocycles. The highest BCUT2D eigenvalue weighted by Crippen LogP contribution is 2.26. The lowest BCUT2D eigenvalue weighted by Gasteiger charge is -2.25. The maximum absolute atomic E-state index is 11.7. The number of methoxy groups -OCH3 is 1. The molecule has 1 saturated carbocycles. The van der Waals surface area contributed by atoms with E-state index in [2.05, 4.69) is 10.7 Å². The first-order valence-corrected chi connectivity index (χ1v) is 6.58. The van der Waals surface area contributed by atoms with Crippen molar-refractivity contribution < 1.29 is 9.53 Å². The third-order valence-corrected chi connectivity index (χ3v) is 3.84. The van der Waals surface area contributed by atoms with E-state index >= 15 is 0 Å². The van der Waals surface area contributed by atoms with Crippen molar-refractivity contribution in [3.05, 3.63) is 22.4 Å². The zero-order valence-electron chi connectivity index (χ0n) is 9.44. The summed E-state index contributed by atoms with van der Waals surface area (Å²) >= 11 is 1.65. The van der Waals surface area contributed by atoms with E-state index in [0.29, 0.717) is 6.54 Å². The minimum atomic E-state index is -0.0183. The molecule has 0 bridgehead atoms. The quantitative estimate of drug-likeness (QED) is 0.856. The summed E-state index contributed by atoms with van der Waals surface area (Å²) in [6, 6.07) is 2.04. The minimum absolute atomic E-state index is 0.0183. The summed E-state index contributed by atoms with van der Waals surface area (Å²) in [5, 5.41) is 7.05. The number of rotatable bonds is 5. The van der Waals surface area contributed by atoms with Crippen LogP contribution >= 0.6 is 11.3 Å². The van der Waals surface area contributed by atoms with Gasteiger partial charge in [-0.05, 0) is 35.2 Å². The second-order valence-electron chi connectivity index (χ2n) is 4.15. The summed E-state index contributed by atoms with van der Waals surface area (Å²) in [5.41, 5.74) is 1.14. The molecule has 0 unspecified atom stereocenters. The Hall–Kier alpha value is -0.870. The third kappa shape index (κ3) is 2.62. The molecule has 16 heavy (non-hydrogen) atoms. The molecule has 1 aliphatic carbocycles. The van der Waals surface area contributed by atoms with E-state index in [1.165, 1.54) is 6.42 Å². The number of thiophene rings is 1. The fourth-order valence-electron chi connectivity index (χ4n) is 1.80. The SMILES string of the molecule is CO[C@@H](CNC(=O)C1CCC1)c1ccsc1. The zero-order valence-corrected chi connectivity index (χ0v) is 10.3. The van der Waals surface area contributed by atoms with Crippen molar-refractivity contribution in [2.24, 2.45) is 5.92 Å². The van der Waals surface area contributed by atoms with Crippen LogP contribution in [0.1, 0.15) is 30.9 Å². The molecule has 1 amide bonds. The number of ether oxygens (including phenoxy) is 1. The van der Waals surface area contributed by atoms with Crippen molar-refractivity contribution >= 4 is 17.2 Å². The number of amides is 1. The zero-order chi connectivity index (χ0) is 11.4. The van der Waals surface area contributed by atoms with Crippen LogP contribution in [0.5, 0.6) is 0 Å². The molecule has 1 fully saturated rings. The predicted octanol–water partition coefficient (Wildman–Crippen LogP) is 2.35. The van der Waals surface area contributed by atoms with Crippen LogP contribution in [0.25, 0.3) is 0 Å². The lowest BCUT2D eigenvalue weighted by molar-refractivity contribution is -0.127. The Kier molecular flexibility index (Phi) is 3.96. The summed E-state index contributed by atoms with van der Waals surface area (Å²) in [4.78, 5) is 11.7. The Morgan fingerprint density at radius 3 is 3.00 bits per heavy atom. The molecule has 1 aromatic rings. The highest BCUT2D eigenvalue weighted by molar-refractivity contribution is 7.07. The summed E-state index contributed by atoms with van der Waals surface area (Å²) in [5.74, 6) is 0.434. The smallest absolute Gasteiger partial charge is 0.223 e. The van der Waals surface area contributed by atoms with E-state index < -0.39 is 0 Å². The Morgan fingerprint density at radius 2 is 2.50 bits per heavy atom. The third-order valence-electron chi connectivity index (χ3n) is 3.14. The van der Waals surface area contributed by atoms with Gasteiger partial charge in [0.25, 0.3) is 0 Å².